The van der Waals surface area contributed by atoms with E-state index in [1.807, 2.05) is 6.07 Å². The van der Waals surface area contributed by atoms with Crippen molar-refractivity contribution in [1.82, 2.24) is 0 Å². The summed E-state index contributed by atoms with van der Waals surface area (Å²) in [5, 5.41) is 13.8. The van der Waals surface area contributed by atoms with Crippen molar-refractivity contribution in [3.63, 3.8) is 0 Å². The van der Waals surface area contributed by atoms with Gasteiger partial charge in [0.1, 0.15) is 5.69 Å². The molecule has 3 unspecified atom stereocenters. The van der Waals surface area contributed by atoms with Gasteiger partial charge in [0.05, 0.1) is 10.8 Å². The molecule has 1 aromatic carbocycles. The smallest absolute Gasteiger partial charge is 0.293 e. The molecule has 0 radical (unpaired) electrons. The second kappa shape index (κ2) is 4.89. The monoisotopic (exact) mass is 274 g/mol. The minimum absolute atomic E-state index is 0.00204. The lowest BCUT2D eigenvalue weighted by molar-refractivity contribution is -0.383. The van der Waals surface area contributed by atoms with Crippen LogP contribution in [0.15, 0.2) is 18.2 Å². The SMILES string of the molecule is CC1CCCC(C2C(=O)Nc3c2cccc3[N+](=O)[O-])C1. The fourth-order valence-electron chi connectivity index (χ4n) is 3.70. The van der Waals surface area contributed by atoms with Crippen LogP contribution in [-0.2, 0) is 4.79 Å². The van der Waals surface area contributed by atoms with Crippen LogP contribution in [0, 0.1) is 22.0 Å². The molecule has 2 aliphatic rings. The number of nitrogens with one attached hydrogen (secondary N) is 1. The zero-order valence-electron chi connectivity index (χ0n) is 11.5. The Balaban J connectivity index is 1.98. The van der Waals surface area contributed by atoms with E-state index in [9.17, 15) is 14.9 Å². The molecule has 1 heterocycles. The molecule has 0 aromatic heterocycles. The Morgan fingerprint density at radius 1 is 1.35 bits per heavy atom. The number of carbonyl (C=O) groups excluding carboxylic acids is 1. The standard InChI is InChI=1S/C15H18N2O3/c1-9-4-2-5-10(8-9)13-11-6-3-7-12(17(19)20)14(11)16-15(13)18/h3,6-7,9-10,13H,2,4-5,8H2,1H3,(H,16,18). The van der Waals surface area contributed by atoms with Crippen LogP contribution in [0.25, 0.3) is 0 Å². The van der Waals surface area contributed by atoms with Gasteiger partial charge >= 0.3 is 0 Å². The van der Waals surface area contributed by atoms with Gasteiger partial charge in [0.15, 0.2) is 0 Å². The second-order valence-corrected chi connectivity index (χ2v) is 6.00. The van der Waals surface area contributed by atoms with E-state index >= 15 is 0 Å². The van der Waals surface area contributed by atoms with Gasteiger partial charge in [-0.1, -0.05) is 31.9 Å². The van der Waals surface area contributed by atoms with Crippen molar-refractivity contribution in [2.75, 3.05) is 5.32 Å². The van der Waals surface area contributed by atoms with Gasteiger partial charge in [-0.3, -0.25) is 14.9 Å². The summed E-state index contributed by atoms with van der Waals surface area (Å²) in [6, 6.07) is 4.98. The van der Waals surface area contributed by atoms with Gasteiger partial charge in [-0.05, 0) is 30.2 Å². The summed E-state index contributed by atoms with van der Waals surface area (Å²) in [5.74, 6) is 0.646. The Hall–Kier alpha value is -1.91. The fourth-order valence-corrected chi connectivity index (χ4v) is 3.70. The lowest BCUT2D eigenvalue weighted by Gasteiger charge is -2.30. The highest BCUT2D eigenvalue weighted by molar-refractivity contribution is 6.05. The molecule has 1 aliphatic heterocycles. The molecule has 5 nitrogen and oxygen atoms in total. The fraction of sp³-hybridized carbons (Fsp3) is 0.533. The maximum absolute atomic E-state index is 12.3. The summed E-state index contributed by atoms with van der Waals surface area (Å²) in [4.78, 5) is 22.9. The van der Waals surface area contributed by atoms with Crippen molar-refractivity contribution >= 4 is 17.3 Å². The maximum atomic E-state index is 12.3. The van der Waals surface area contributed by atoms with Crippen LogP contribution in [0.3, 0.4) is 0 Å². The van der Waals surface area contributed by atoms with Crippen molar-refractivity contribution in [1.29, 1.82) is 0 Å². The van der Waals surface area contributed by atoms with Gasteiger partial charge in [-0.15, -0.1) is 0 Å². The highest BCUT2D eigenvalue weighted by Gasteiger charge is 2.41. The number of nitro benzene ring substituents is 1. The first-order valence-electron chi connectivity index (χ1n) is 7.16. The molecular formula is C15H18N2O3. The van der Waals surface area contributed by atoms with Crippen molar-refractivity contribution in [2.45, 2.75) is 38.5 Å². The van der Waals surface area contributed by atoms with E-state index in [0.717, 1.165) is 24.8 Å². The number of amides is 1. The number of nitrogens with zero attached hydrogens (tertiary/aromatic N) is 1. The molecule has 3 atom stereocenters. The van der Waals surface area contributed by atoms with Gasteiger partial charge in [-0.2, -0.15) is 0 Å². The first-order chi connectivity index (χ1) is 9.58. The predicted molar refractivity (Wildman–Crippen MR) is 75.6 cm³/mol. The molecule has 5 heteroatoms. The number of anilines is 1. The number of hydrogen-bond donors (Lipinski definition) is 1. The zero-order chi connectivity index (χ0) is 14.3. The van der Waals surface area contributed by atoms with E-state index in [0.29, 0.717) is 17.5 Å². The van der Waals surface area contributed by atoms with Crippen LogP contribution in [-0.4, -0.2) is 10.8 Å². The topological polar surface area (TPSA) is 72.2 Å². The second-order valence-electron chi connectivity index (χ2n) is 6.00. The van der Waals surface area contributed by atoms with Crippen LogP contribution >= 0.6 is 0 Å². The lowest BCUT2D eigenvalue weighted by Crippen LogP contribution is -2.25. The summed E-state index contributed by atoms with van der Waals surface area (Å²) in [6.45, 7) is 2.22. The molecule has 1 N–H and O–H groups in total. The normalized spacial score (nSPS) is 28.9. The van der Waals surface area contributed by atoms with Gasteiger partial charge in [-0.25, -0.2) is 0 Å². The molecule has 1 saturated carbocycles. The molecule has 106 valence electrons. The van der Waals surface area contributed by atoms with Gasteiger partial charge < -0.3 is 5.32 Å². The number of para-hydroxylation sites is 1. The Bertz CT molecular complexity index is 570. The van der Waals surface area contributed by atoms with Crippen LogP contribution in [0.4, 0.5) is 11.4 Å². The third-order valence-corrected chi connectivity index (χ3v) is 4.59. The van der Waals surface area contributed by atoms with Gasteiger partial charge in [0.25, 0.3) is 5.69 Å². The van der Waals surface area contributed by atoms with E-state index < -0.39 is 4.92 Å². The van der Waals surface area contributed by atoms with E-state index in [1.165, 1.54) is 12.5 Å². The molecule has 1 aliphatic carbocycles. The quantitative estimate of drug-likeness (QED) is 0.663. The third kappa shape index (κ3) is 2.07. The Morgan fingerprint density at radius 3 is 2.85 bits per heavy atom. The number of fused-ring (bicyclic) bond motifs is 1. The van der Waals surface area contributed by atoms with Crippen molar-refractivity contribution in [2.24, 2.45) is 11.8 Å². The molecule has 20 heavy (non-hydrogen) atoms. The molecule has 0 bridgehead atoms. The van der Waals surface area contributed by atoms with Crippen LogP contribution in [0.1, 0.15) is 44.1 Å². The van der Waals surface area contributed by atoms with Crippen LogP contribution in [0.2, 0.25) is 0 Å². The number of rotatable bonds is 2. The average Bonchev–Trinajstić information content (AvgIpc) is 2.74. The summed E-state index contributed by atoms with van der Waals surface area (Å²) in [7, 11) is 0. The van der Waals surface area contributed by atoms with Gasteiger partial charge in [0.2, 0.25) is 5.91 Å². The third-order valence-electron chi connectivity index (χ3n) is 4.59. The van der Waals surface area contributed by atoms with Crippen molar-refractivity contribution in [3.05, 3.63) is 33.9 Å². The molecule has 3 rings (SSSR count). The highest BCUT2D eigenvalue weighted by Crippen LogP contribution is 2.47. The van der Waals surface area contributed by atoms with E-state index in [2.05, 4.69) is 12.2 Å². The number of carbonyl (C=O) groups is 1. The highest BCUT2D eigenvalue weighted by atomic mass is 16.6. The van der Waals surface area contributed by atoms with E-state index in [4.69, 9.17) is 0 Å². The predicted octanol–water partition coefficient (Wildman–Crippen LogP) is 3.46. The minimum atomic E-state index is -0.426. The van der Waals surface area contributed by atoms with Crippen molar-refractivity contribution in [3.8, 4) is 0 Å². The molecule has 0 spiro atoms. The van der Waals surface area contributed by atoms with E-state index in [-0.39, 0.29) is 17.5 Å². The number of benzene rings is 1. The van der Waals surface area contributed by atoms with Crippen LogP contribution < -0.4 is 5.32 Å². The first-order valence-corrected chi connectivity index (χ1v) is 7.16. The Morgan fingerprint density at radius 2 is 2.15 bits per heavy atom. The van der Waals surface area contributed by atoms with Crippen LogP contribution in [0.5, 0.6) is 0 Å². The van der Waals surface area contributed by atoms with Crippen molar-refractivity contribution < 1.29 is 9.72 Å². The molecule has 1 fully saturated rings. The summed E-state index contributed by atoms with van der Waals surface area (Å²) >= 11 is 0. The first kappa shape index (κ1) is 13.1. The molecular weight excluding hydrogens is 256 g/mol. The number of hydrogen-bond acceptors (Lipinski definition) is 3. The minimum Gasteiger partial charge on any atom is -0.320 e. The van der Waals surface area contributed by atoms with Gasteiger partial charge in [0, 0.05) is 6.07 Å². The Labute approximate surface area is 117 Å². The largest absolute Gasteiger partial charge is 0.320 e. The molecule has 1 amide bonds. The summed E-state index contributed by atoms with van der Waals surface area (Å²) in [5.41, 5.74) is 1.22. The number of nitro groups is 1. The average molecular weight is 274 g/mol. The maximum Gasteiger partial charge on any atom is 0.293 e. The summed E-state index contributed by atoms with van der Waals surface area (Å²) < 4.78 is 0. The van der Waals surface area contributed by atoms with E-state index in [1.54, 1.807) is 6.07 Å². The molecule has 0 saturated heterocycles. The summed E-state index contributed by atoms with van der Waals surface area (Å²) in [6.07, 6.45) is 4.41. The molecule has 1 aromatic rings. The zero-order valence-corrected chi connectivity index (χ0v) is 11.5. The Kier molecular flexibility index (Phi) is 3.20. The lowest BCUT2D eigenvalue weighted by atomic mass is 9.74.